The molecule has 1 atom stereocenters. The van der Waals surface area contributed by atoms with Crippen molar-refractivity contribution >= 4 is 21.8 Å². The van der Waals surface area contributed by atoms with E-state index in [1.54, 1.807) is 6.92 Å². The number of carbonyl (C=O) groups is 1. The summed E-state index contributed by atoms with van der Waals surface area (Å²) in [5.74, 6) is 0.372. The van der Waals surface area contributed by atoms with Crippen molar-refractivity contribution in [3.63, 3.8) is 0 Å². The number of hydrogen-bond acceptors (Lipinski definition) is 4. The Kier molecular flexibility index (Phi) is 3.15. The van der Waals surface area contributed by atoms with Crippen LogP contribution < -0.4 is 5.32 Å². The molecule has 0 aliphatic rings. The van der Waals surface area contributed by atoms with Crippen LogP contribution in [0.1, 0.15) is 12.7 Å². The molecule has 0 fully saturated rings. The first-order valence-corrected chi connectivity index (χ1v) is 4.26. The van der Waals surface area contributed by atoms with E-state index in [1.165, 1.54) is 0 Å². The normalized spacial score (nSPS) is 12.5. The highest BCUT2D eigenvalue weighted by atomic mass is 79.9. The number of rotatable bonds is 3. The lowest BCUT2D eigenvalue weighted by atomic mass is 10.4. The van der Waals surface area contributed by atoms with Crippen molar-refractivity contribution in [2.75, 3.05) is 0 Å². The third kappa shape index (κ3) is 2.57. The molecular formula is C5H8BrN5O. The minimum Gasteiger partial charge on any atom is -0.348 e. The second-order valence-electron chi connectivity index (χ2n) is 2.16. The number of tetrazole rings is 1. The average Bonchev–Trinajstić information content (AvgIpc) is 2.51. The smallest absolute Gasteiger partial charge is 0.233 e. The van der Waals surface area contributed by atoms with Gasteiger partial charge in [-0.3, -0.25) is 4.79 Å². The van der Waals surface area contributed by atoms with Gasteiger partial charge in [0.05, 0.1) is 11.4 Å². The van der Waals surface area contributed by atoms with Crippen molar-refractivity contribution in [2.45, 2.75) is 18.3 Å². The van der Waals surface area contributed by atoms with Gasteiger partial charge >= 0.3 is 0 Å². The first kappa shape index (κ1) is 9.11. The molecule has 6 nitrogen and oxygen atoms in total. The molecular weight excluding hydrogens is 226 g/mol. The lowest BCUT2D eigenvalue weighted by Gasteiger charge is -2.02. The van der Waals surface area contributed by atoms with Crippen molar-refractivity contribution in [3.05, 3.63) is 5.82 Å². The van der Waals surface area contributed by atoms with E-state index in [4.69, 9.17) is 0 Å². The average molecular weight is 234 g/mol. The van der Waals surface area contributed by atoms with Gasteiger partial charge in [0.25, 0.3) is 0 Å². The van der Waals surface area contributed by atoms with Crippen LogP contribution in [0.15, 0.2) is 0 Å². The zero-order valence-corrected chi connectivity index (χ0v) is 8.00. The zero-order valence-electron chi connectivity index (χ0n) is 6.41. The number of alkyl halides is 1. The third-order valence-electron chi connectivity index (χ3n) is 1.17. The number of H-pyrrole nitrogens is 1. The Bertz CT molecular complexity index is 246. The number of hydrogen-bond donors (Lipinski definition) is 2. The van der Waals surface area contributed by atoms with Crippen molar-refractivity contribution in [1.29, 1.82) is 0 Å². The van der Waals surface area contributed by atoms with E-state index in [0.717, 1.165) is 0 Å². The van der Waals surface area contributed by atoms with Gasteiger partial charge in [-0.2, -0.15) is 5.21 Å². The Morgan fingerprint density at radius 1 is 1.83 bits per heavy atom. The molecule has 0 radical (unpaired) electrons. The van der Waals surface area contributed by atoms with Gasteiger partial charge in [0.1, 0.15) is 0 Å². The highest BCUT2D eigenvalue weighted by molar-refractivity contribution is 9.10. The minimum absolute atomic E-state index is 0.0974. The fourth-order valence-corrected chi connectivity index (χ4v) is 0.726. The fourth-order valence-electron chi connectivity index (χ4n) is 0.564. The molecule has 66 valence electrons. The molecule has 0 aliphatic heterocycles. The fraction of sp³-hybridized carbons (Fsp3) is 0.600. The highest BCUT2D eigenvalue weighted by Crippen LogP contribution is 1.96. The Labute approximate surface area is 77.2 Å². The van der Waals surface area contributed by atoms with E-state index >= 15 is 0 Å². The molecule has 0 saturated heterocycles. The first-order chi connectivity index (χ1) is 5.70. The molecule has 1 heterocycles. The molecule has 0 aliphatic carbocycles. The summed E-state index contributed by atoms with van der Waals surface area (Å²) >= 11 is 3.13. The van der Waals surface area contributed by atoms with Gasteiger partial charge in [0, 0.05) is 0 Å². The summed E-state index contributed by atoms with van der Waals surface area (Å²) in [6.45, 7) is 2.04. The Morgan fingerprint density at radius 3 is 3.08 bits per heavy atom. The maximum Gasteiger partial charge on any atom is 0.233 e. The maximum absolute atomic E-state index is 11.0. The minimum atomic E-state index is -0.204. The van der Waals surface area contributed by atoms with E-state index in [1.807, 2.05) is 0 Å². The van der Waals surface area contributed by atoms with Crippen LogP contribution in [-0.2, 0) is 11.3 Å². The summed E-state index contributed by atoms with van der Waals surface area (Å²) in [4.78, 5) is 10.8. The number of nitrogens with one attached hydrogen (secondary N) is 2. The zero-order chi connectivity index (χ0) is 8.97. The van der Waals surface area contributed by atoms with Crippen molar-refractivity contribution < 1.29 is 4.79 Å². The molecule has 12 heavy (non-hydrogen) atoms. The Balaban J connectivity index is 2.32. The van der Waals surface area contributed by atoms with Crippen LogP contribution in [0.5, 0.6) is 0 Å². The van der Waals surface area contributed by atoms with Crippen LogP contribution in [0.2, 0.25) is 0 Å². The van der Waals surface area contributed by atoms with Crippen LogP contribution >= 0.6 is 15.9 Å². The summed E-state index contributed by atoms with van der Waals surface area (Å²) in [7, 11) is 0. The Morgan fingerprint density at radius 2 is 2.58 bits per heavy atom. The SMILES string of the molecule is CC(Br)C(=O)NCc1nn[nH]n1. The first-order valence-electron chi connectivity index (χ1n) is 3.34. The Hall–Kier alpha value is -0.980. The summed E-state index contributed by atoms with van der Waals surface area (Å²) in [6, 6.07) is 0. The predicted octanol–water partition coefficient (Wildman–Crippen LogP) is -0.401. The topological polar surface area (TPSA) is 83.6 Å². The quantitative estimate of drug-likeness (QED) is 0.697. The molecule has 2 N–H and O–H groups in total. The predicted molar refractivity (Wildman–Crippen MR) is 44.4 cm³/mol. The number of aromatic nitrogens is 4. The van der Waals surface area contributed by atoms with Crippen LogP contribution in [0, 0.1) is 0 Å². The largest absolute Gasteiger partial charge is 0.348 e. The number of nitrogens with zero attached hydrogens (tertiary/aromatic N) is 3. The molecule has 0 aromatic carbocycles. The van der Waals surface area contributed by atoms with Crippen molar-refractivity contribution in [2.24, 2.45) is 0 Å². The summed E-state index contributed by atoms with van der Waals surface area (Å²) < 4.78 is 0. The molecule has 0 spiro atoms. The number of amides is 1. The second-order valence-corrected chi connectivity index (χ2v) is 3.54. The highest BCUT2D eigenvalue weighted by Gasteiger charge is 2.08. The van der Waals surface area contributed by atoms with E-state index in [9.17, 15) is 4.79 Å². The van der Waals surface area contributed by atoms with Gasteiger partial charge in [-0.05, 0) is 6.92 Å². The second kappa shape index (κ2) is 4.15. The molecule has 1 aromatic heterocycles. The van der Waals surface area contributed by atoms with E-state index in [0.29, 0.717) is 12.4 Å². The van der Waals surface area contributed by atoms with Gasteiger partial charge < -0.3 is 5.32 Å². The lowest BCUT2D eigenvalue weighted by molar-refractivity contribution is -0.120. The van der Waals surface area contributed by atoms with Crippen molar-refractivity contribution in [1.82, 2.24) is 25.9 Å². The standard InChI is InChI=1S/C5H8BrN5O/c1-3(6)5(12)7-2-4-8-10-11-9-4/h3H,2H2,1H3,(H,7,12)(H,8,9,10,11). The summed E-state index contributed by atoms with van der Waals surface area (Å²) in [5, 5.41) is 15.6. The molecule has 1 amide bonds. The molecule has 1 unspecified atom stereocenters. The maximum atomic E-state index is 11.0. The molecule has 7 heteroatoms. The molecule has 1 rings (SSSR count). The van der Waals surface area contributed by atoms with E-state index < -0.39 is 0 Å². The van der Waals surface area contributed by atoms with Gasteiger partial charge in [0.2, 0.25) is 5.91 Å². The third-order valence-corrected chi connectivity index (χ3v) is 1.59. The van der Waals surface area contributed by atoms with Crippen LogP contribution in [0.25, 0.3) is 0 Å². The van der Waals surface area contributed by atoms with Gasteiger partial charge in [-0.1, -0.05) is 21.1 Å². The van der Waals surface area contributed by atoms with Crippen LogP contribution in [-0.4, -0.2) is 31.4 Å². The van der Waals surface area contributed by atoms with Crippen LogP contribution in [0.4, 0.5) is 0 Å². The molecule has 0 bridgehead atoms. The molecule has 0 saturated carbocycles. The number of halogens is 1. The lowest BCUT2D eigenvalue weighted by Crippen LogP contribution is -2.29. The summed E-state index contributed by atoms with van der Waals surface area (Å²) in [6.07, 6.45) is 0. The number of aromatic amines is 1. The van der Waals surface area contributed by atoms with Gasteiger partial charge in [-0.25, -0.2) is 0 Å². The van der Waals surface area contributed by atoms with E-state index in [-0.39, 0.29) is 10.7 Å². The summed E-state index contributed by atoms with van der Waals surface area (Å²) in [5.41, 5.74) is 0. The van der Waals surface area contributed by atoms with E-state index in [2.05, 4.69) is 41.9 Å². The molecule has 1 aromatic rings. The monoisotopic (exact) mass is 233 g/mol. The van der Waals surface area contributed by atoms with Gasteiger partial charge in [-0.15, -0.1) is 10.2 Å². The van der Waals surface area contributed by atoms with Crippen LogP contribution in [0.3, 0.4) is 0 Å². The van der Waals surface area contributed by atoms with Gasteiger partial charge in [0.15, 0.2) is 5.82 Å². The van der Waals surface area contributed by atoms with Crippen molar-refractivity contribution in [3.8, 4) is 0 Å². The number of carbonyl (C=O) groups excluding carboxylic acids is 1.